The Morgan fingerprint density at radius 1 is 1.19 bits per heavy atom. The molecule has 2 aromatic carbocycles. The van der Waals surface area contributed by atoms with Crippen LogP contribution in [0.25, 0.3) is 0 Å². The average molecular weight is 413 g/mol. The van der Waals surface area contributed by atoms with Crippen molar-refractivity contribution in [2.75, 3.05) is 16.8 Å². The van der Waals surface area contributed by atoms with Crippen molar-refractivity contribution < 1.29 is 9.59 Å². The summed E-state index contributed by atoms with van der Waals surface area (Å²) in [5.41, 5.74) is 3.45. The van der Waals surface area contributed by atoms with E-state index in [9.17, 15) is 9.59 Å². The van der Waals surface area contributed by atoms with E-state index in [4.69, 9.17) is 0 Å². The smallest absolute Gasteiger partial charge is 0.258 e. The van der Waals surface area contributed by atoms with Gasteiger partial charge in [0.05, 0.1) is 0 Å². The number of carbonyl (C=O) groups excluding carboxylic acids is 2. The summed E-state index contributed by atoms with van der Waals surface area (Å²) in [5, 5.41) is 2.94. The first-order chi connectivity index (χ1) is 12.5. The van der Waals surface area contributed by atoms with E-state index in [-0.39, 0.29) is 17.7 Å². The van der Waals surface area contributed by atoms with Crippen molar-refractivity contribution in [1.82, 2.24) is 0 Å². The third-order valence-electron chi connectivity index (χ3n) is 5.23. The van der Waals surface area contributed by atoms with Crippen LogP contribution in [0.5, 0.6) is 0 Å². The van der Waals surface area contributed by atoms with Crippen molar-refractivity contribution in [3.05, 3.63) is 58.1 Å². The molecule has 0 radical (unpaired) electrons. The lowest BCUT2D eigenvalue weighted by molar-refractivity contribution is -0.117. The maximum atomic E-state index is 13.1. The fourth-order valence-corrected chi connectivity index (χ4v) is 3.99. The van der Waals surface area contributed by atoms with Crippen molar-refractivity contribution in [1.29, 1.82) is 0 Å². The highest BCUT2D eigenvalue weighted by Gasteiger charge is 2.39. The number of carbonyl (C=O) groups is 2. The molecule has 4 rings (SSSR count). The topological polar surface area (TPSA) is 49.4 Å². The Labute approximate surface area is 161 Å². The van der Waals surface area contributed by atoms with Crippen molar-refractivity contribution >= 4 is 39.1 Å². The number of benzene rings is 2. The first-order valence-corrected chi connectivity index (χ1v) is 9.83. The third-order valence-corrected chi connectivity index (χ3v) is 5.72. The number of nitrogens with zero attached hydrogens (tertiary/aromatic N) is 1. The molecule has 2 atom stereocenters. The van der Waals surface area contributed by atoms with Crippen LogP contribution >= 0.6 is 15.9 Å². The van der Waals surface area contributed by atoms with E-state index in [2.05, 4.69) is 34.2 Å². The predicted molar refractivity (Wildman–Crippen MR) is 106 cm³/mol. The summed E-state index contributed by atoms with van der Waals surface area (Å²) in [6.07, 6.45) is 2.88. The summed E-state index contributed by atoms with van der Waals surface area (Å²) >= 11 is 3.50. The zero-order valence-corrected chi connectivity index (χ0v) is 16.3. The van der Waals surface area contributed by atoms with Crippen LogP contribution < -0.4 is 10.2 Å². The summed E-state index contributed by atoms with van der Waals surface area (Å²) in [6.45, 7) is 2.79. The number of nitrogens with one attached hydrogen (secondary N) is 1. The molecule has 1 saturated carbocycles. The fraction of sp³-hybridized carbons (Fsp3) is 0.333. The number of anilines is 2. The molecule has 1 N–H and O–H groups in total. The molecule has 4 nitrogen and oxygen atoms in total. The third kappa shape index (κ3) is 3.40. The first kappa shape index (κ1) is 17.3. The lowest BCUT2D eigenvalue weighted by atomic mass is 10.0. The Balaban J connectivity index is 1.56. The van der Waals surface area contributed by atoms with Gasteiger partial charge in [-0.2, -0.15) is 0 Å². The van der Waals surface area contributed by atoms with Crippen molar-refractivity contribution in [2.24, 2.45) is 11.8 Å². The van der Waals surface area contributed by atoms with Gasteiger partial charge in [-0.05, 0) is 67.1 Å². The highest BCUT2D eigenvalue weighted by atomic mass is 79.9. The minimum atomic E-state index is -0.0239. The number of aryl methyl sites for hydroxylation is 1. The van der Waals surface area contributed by atoms with Crippen LogP contribution in [-0.4, -0.2) is 18.4 Å². The predicted octanol–water partition coefficient (Wildman–Crippen LogP) is 4.64. The number of fused-ring (bicyclic) bond motifs is 1. The van der Waals surface area contributed by atoms with Crippen molar-refractivity contribution in [2.45, 2.75) is 26.2 Å². The highest BCUT2D eigenvalue weighted by Crippen LogP contribution is 2.38. The van der Waals surface area contributed by atoms with Crippen LogP contribution in [-0.2, 0) is 11.2 Å². The van der Waals surface area contributed by atoms with Gasteiger partial charge in [0.25, 0.3) is 5.91 Å². The van der Waals surface area contributed by atoms with Crippen LogP contribution in [0.3, 0.4) is 0 Å². The Kier molecular flexibility index (Phi) is 4.57. The second kappa shape index (κ2) is 6.88. The zero-order chi connectivity index (χ0) is 18.3. The monoisotopic (exact) mass is 412 g/mol. The van der Waals surface area contributed by atoms with Gasteiger partial charge in [-0.25, -0.2) is 0 Å². The van der Waals surface area contributed by atoms with Crippen LogP contribution in [0.1, 0.15) is 35.7 Å². The maximum absolute atomic E-state index is 13.1. The van der Waals surface area contributed by atoms with Crippen molar-refractivity contribution in [3.63, 3.8) is 0 Å². The van der Waals surface area contributed by atoms with E-state index in [1.807, 2.05) is 35.2 Å². The number of hydrogen-bond donors (Lipinski definition) is 1. The molecule has 26 heavy (non-hydrogen) atoms. The average Bonchev–Trinajstić information content (AvgIpc) is 3.37. The van der Waals surface area contributed by atoms with E-state index in [0.29, 0.717) is 23.7 Å². The molecular weight excluding hydrogens is 392 g/mol. The van der Waals surface area contributed by atoms with Gasteiger partial charge >= 0.3 is 0 Å². The number of halogens is 1. The van der Waals surface area contributed by atoms with E-state index in [1.54, 1.807) is 6.07 Å². The lowest BCUT2D eigenvalue weighted by Gasteiger charge is -2.30. The Bertz CT molecular complexity index is 880. The first-order valence-electron chi connectivity index (χ1n) is 9.04. The fourth-order valence-electron chi connectivity index (χ4n) is 3.58. The van der Waals surface area contributed by atoms with Gasteiger partial charge in [0.1, 0.15) is 0 Å². The molecule has 2 aliphatic rings. The highest BCUT2D eigenvalue weighted by molar-refractivity contribution is 9.10. The van der Waals surface area contributed by atoms with Gasteiger partial charge in [-0.1, -0.05) is 28.9 Å². The largest absolute Gasteiger partial charge is 0.326 e. The summed E-state index contributed by atoms with van der Waals surface area (Å²) in [7, 11) is 0. The molecule has 134 valence electrons. The Hall–Kier alpha value is -2.14. The lowest BCUT2D eigenvalue weighted by Crippen LogP contribution is -2.35. The second-order valence-electron chi connectivity index (χ2n) is 7.22. The minimum absolute atomic E-state index is 0.0239. The van der Waals surface area contributed by atoms with Gasteiger partial charge in [-0.15, -0.1) is 0 Å². The van der Waals surface area contributed by atoms with Crippen molar-refractivity contribution in [3.8, 4) is 0 Å². The normalized spacial score (nSPS) is 21.1. The number of hydrogen-bond acceptors (Lipinski definition) is 2. The molecule has 0 saturated heterocycles. The van der Waals surface area contributed by atoms with Gasteiger partial charge in [-0.3, -0.25) is 9.59 Å². The standard InChI is InChI=1S/C21H21BrN2O2/c1-13-10-18(13)20(25)23-17-6-2-4-15(12-17)21(26)24-9-3-5-14-11-16(22)7-8-19(14)24/h2,4,6-8,11-13,18H,3,5,9-10H2,1H3,(H,23,25). The number of amides is 2. The van der Waals surface area contributed by atoms with Gasteiger partial charge < -0.3 is 10.2 Å². The molecule has 2 aromatic rings. The van der Waals surface area contributed by atoms with Gasteiger partial charge in [0.15, 0.2) is 0 Å². The summed E-state index contributed by atoms with van der Waals surface area (Å²) in [5.74, 6) is 0.602. The molecule has 0 spiro atoms. The summed E-state index contributed by atoms with van der Waals surface area (Å²) in [4.78, 5) is 27.1. The van der Waals surface area contributed by atoms with E-state index < -0.39 is 0 Å². The molecule has 1 aliphatic carbocycles. The molecule has 5 heteroatoms. The molecule has 0 bridgehead atoms. The molecule has 1 fully saturated rings. The van der Waals surface area contributed by atoms with Gasteiger partial charge in [0, 0.05) is 33.9 Å². The maximum Gasteiger partial charge on any atom is 0.258 e. The molecular formula is C21H21BrN2O2. The zero-order valence-electron chi connectivity index (χ0n) is 14.7. The van der Waals surface area contributed by atoms with E-state index >= 15 is 0 Å². The Morgan fingerprint density at radius 3 is 2.77 bits per heavy atom. The quantitative estimate of drug-likeness (QED) is 0.797. The van der Waals surface area contributed by atoms with Crippen LogP contribution in [0, 0.1) is 11.8 Å². The van der Waals surface area contributed by atoms with Crippen LogP contribution in [0.2, 0.25) is 0 Å². The molecule has 1 heterocycles. The van der Waals surface area contributed by atoms with E-state index in [1.165, 1.54) is 5.56 Å². The van der Waals surface area contributed by atoms with E-state index in [0.717, 1.165) is 29.4 Å². The van der Waals surface area contributed by atoms with Gasteiger partial charge in [0.2, 0.25) is 5.91 Å². The molecule has 1 aliphatic heterocycles. The van der Waals surface area contributed by atoms with Crippen LogP contribution in [0.15, 0.2) is 46.9 Å². The number of rotatable bonds is 3. The SMILES string of the molecule is CC1CC1C(=O)Nc1cccc(C(=O)N2CCCc3cc(Br)ccc32)c1. The minimum Gasteiger partial charge on any atom is -0.326 e. The summed E-state index contributed by atoms with van der Waals surface area (Å²) < 4.78 is 1.03. The molecule has 2 amide bonds. The molecule has 0 aromatic heterocycles. The van der Waals surface area contributed by atoms with Crippen LogP contribution in [0.4, 0.5) is 11.4 Å². The summed E-state index contributed by atoms with van der Waals surface area (Å²) in [6, 6.07) is 13.3. The second-order valence-corrected chi connectivity index (χ2v) is 8.14. The molecule has 2 unspecified atom stereocenters. The Morgan fingerprint density at radius 2 is 2.00 bits per heavy atom.